The number of rotatable bonds is 4. The fraction of sp³-hybridized carbons (Fsp3) is 0.333. The van der Waals surface area contributed by atoms with E-state index in [1.807, 2.05) is 30.3 Å². The third-order valence-electron chi connectivity index (χ3n) is 3.66. The summed E-state index contributed by atoms with van der Waals surface area (Å²) in [7, 11) is 0. The van der Waals surface area contributed by atoms with Gasteiger partial charge >= 0.3 is 12.1 Å². The molecule has 1 saturated heterocycles. The number of ether oxygens (including phenoxy) is 2. The van der Waals surface area contributed by atoms with Gasteiger partial charge in [0.15, 0.2) is 5.69 Å². The van der Waals surface area contributed by atoms with Crippen molar-refractivity contribution in [2.45, 2.75) is 12.6 Å². The van der Waals surface area contributed by atoms with Gasteiger partial charge in [0.2, 0.25) is 0 Å². The van der Waals surface area contributed by atoms with E-state index < -0.39 is 18.1 Å². The Morgan fingerprint density at radius 3 is 2.88 bits per heavy atom. The van der Waals surface area contributed by atoms with E-state index in [2.05, 4.69) is 15.4 Å². The second-order valence-corrected chi connectivity index (χ2v) is 5.19. The summed E-state index contributed by atoms with van der Waals surface area (Å²) in [5.74, 6) is -1.22. The first kappa shape index (κ1) is 15.9. The van der Waals surface area contributed by atoms with Gasteiger partial charge in [0, 0.05) is 6.54 Å². The number of amides is 1. The van der Waals surface area contributed by atoms with E-state index in [1.165, 1.54) is 4.90 Å². The molecule has 9 heteroatoms. The summed E-state index contributed by atoms with van der Waals surface area (Å²) in [6.07, 6.45) is -0.550. The zero-order chi connectivity index (χ0) is 16.9. The highest BCUT2D eigenvalue weighted by Gasteiger charge is 2.35. The van der Waals surface area contributed by atoms with Gasteiger partial charge in [0.25, 0.3) is 0 Å². The summed E-state index contributed by atoms with van der Waals surface area (Å²) >= 11 is 0. The van der Waals surface area contributed by atoms with Crippen LogP contribution in [0.2, 0.25) is 0 Å². The van der Waals surface area contributed by atoms with Crippen LogP contribution in [0.1, 0.15) is 27.8 Å². The molecule has 1 aliphatic heterocycles. The molecule has 1 aromatic carbocycles. The van der Waals surface area contributed by atoms with Gasteiger partial charge in [-0.05, 0) is 5.56 Å². The summed E-state index contributed by atoms with van der Waals surface area (Å²) in [6.45, 7) is 0.892. The van der Waals surface area contributed by atoms with Gasteiger partial charge in [0.1, 0.15) is 18.3 Å². The predicted octanol–water partition coefficient (Wildman–Crippen LogP) is 1.21. The number of carbonyl (C=O) groups excluding carboxylic acids is 1. The standard InChI is InChI=1S/C15H16N4O5/c20-14(21)13-12(16-18-17-13)11-9-23-7-6-19(11)15(22)24-8-10-4-2-1-3-5-10/h1-5,11H,6-9H2,(H,20,21)(H,16,17,18). The lowest BCUT2D eigenvalue weighted by atomic mass is 10.1. The SMILES string of the molecule is O=C(O)c1n[nH]nc1C1COCCN1C(=O)OCc1ccccc1. The highest BCUT2D eigenvalue weighted by molar-refractivity contribution is 5.86. The van der Waals surface area contributed by atoms with E-state index in [1.54, 1.807) is 0 Å². The molecule has 126 valence electrons. The zero-order valence-electron chi connectivity index (χ0n) is 12.7. The molecule has 9 nitrogen and oxygen atoms in total. The van der Waals surface area contributed by atoms with Crippen molar-refractivity contribution in [3.8, 4) is 0 Å². The molecule has 1 aromatic heterocycles. The Balaban J connectivity index is 1.73. The number of benzene rings is 1. The second kappa shape index (κ2) is 7.09. The number of hydrogen-bond acceptors (Lipinski definition) is 6. The molecule has 24 heavy (non-hydrogen) atoms. The first-order valence-corrected chi connectivity index (χ1v) is 7.36. The largest absolute Gasteiger partial charge is 0.476 e. The first-order chi connectivity index (χ1) is 11.7. The summed E-state index contributed by atoms with van der Waals surface area (Å²) in [5.41, 5.74) is 0.786. The van der Waals surface area contributed by atoms with E-state index in [-0.39, 0.29) is 31.1 Å². The zero-order valence-corrected chi connectivity index (χ0v) is 12.7. The maximum atomic E-state index is 12.4. The molecular weight excluding hydrogens is 316 g/mol. The second-order valence-electron chi connectivity index (χ2n) is 5.19. The van der Waals surface area contributed by atoms with Gasteiger partial charge in [-0.25, -0.2) is 9.59 Å². The Morgan fingerprint density at radius 1 is 1.33 bits per heavy atom. The van der Waals surface area contributed by atoms with Crippen molar-refractivity contribution in [2.75, 3.05) is 19.8 Å². The summed E-state index contributed by atoms with van der Waals surface area (Å²) < 4.78 is 10.7. The number of aromatic carboxylic acids is 1. The van der Waals surface area contributed by atoms with E-state index in [9.17, 15) is 9.59 Å². The van der Waals surface area contributed by atoms with Crippen LogP contribution < -0.4 is 0 Å². The molecule has 1 unspecified atom stereocenters. The molecule has 0 radical (unpaired) electrons. The topological polar surface area (TPSA) is 118 Å². The molecule has 1 fully saturated rings. The van der Waals surface area contributed by atoms with Gasteiger partial charge in [0.05, 0.1) is 13.2 Å². The minimum Gasteiger partial charge on any atom is -0.476 e. The van der Waals surface area contributed by atoms with E-state index >= 15 is 0 Å². The van der Waals surface area contributed by atoms with Gasteiger partial charge in [-0.3, -0.25) is 4.90 Å². The number of H-pyrrole nitrogens is 1. The summed E-state index contributed by atoms with van der Waals surface area (Å²) in [4.78, 5) is 25.0. The van der Waals surface area contributed by atoms with Crippen molar-refractivity contribution in [3.05, 3.63) is 47.3 Å². The molecule has 1 aliphatic rings. The molecule has 0 saturated carbocycles. The van der Waals surface area contributed by atoms with Crippen LogP contribution in [0.15, 0.2) is 30.3 Å². The molecule has 2 heterocycles. The van der Waals surface area contributed by atoms with Crippen molar-refractivity contribution in [1.29, 1.82) is 0 Å². The number of aromatic amines is 1. The highest BCUT2D eigenvalue weighted by Crippen LogP contribution is 2.25. The Labute approximate surface area is 137 Å². The van der Waals surface area contributed by atoms with Crippen LogP contribution in [0.3, 0.4) is 0 Å². The number of carbonyl (C=O) groups is 2. The number of carboxylic acid groups (broad SMARTS) is 1. The number of hydrogen-bond donors (Lipinski definition) is 2. The van der Waals surface area contributed by atoms with Crippen LogP contribution >= 0.6 is 0 Å². The number of nitrogens with one attached hydrogen (secondary N) is 1. The molecule has 3 rings (SSSR count). The first-order valence-electron chi connectivity index (χ1n) is 7.36. The van der Waals surface area contributed by atoms with Crippen molar-refractivity contribution < 1.29 is 24.2 Å². The number of nitrogens with zero attached hydrogens (tertiary/aromatic N) is 3. The fourth-order valence-corrected chi connectivity index (χ4v) is 2.48. The van der Waals surface area contributed by atoms with Crippen molar-refractivity contribution >= 4 is 12.1 Å². The normalized spacial score (nSPS) is 17.5. The Hall–Kier alpha value is -2.94. The fourth-order valence-electron chi connectivity index (χ4n) is 2.48. The molecule has 0 aliphatic carbocycles. The molecule has 2 aromatic rings. The lowest BCUT2D eigenvalue weighted by Gasteiger charge is -2.33. The number of carboxylic acids is 1. The minimum absolute atomic E-state index is 0.132. The quantitative estimate of drug-likeness (QED) is 0.864. The predicted molar refractivity (Wildman–Crippen MR) is 80.2 cm³/mol. The van der Waals surface area contributed by atoms with Crippen LogP contribution in [-0.2, 0) is 16.1 Å². The highest BCUT2D eigenvalue weighted by atomic mass is 16.6. The van der Waals surface area contributed by atoms with Crippen LogP contribution in [0.25, 0.3) is 0 Å². The maximum Gasteiger partial charge on any atom is 0.410 e. The van der Waals surface area contributed by atoms with Crippen LogP contribution in [-0.4, -0.2) is 57.2 Å². The van der Waals surface area contributed by atoms with Crippen molar-refractivity contribution in [2.24, 2.45) is 0 Å². The van der Waals surface area contributed by atoms with E-state index in [4.69, 9.17) is 14.6 Å². The number of morpholine rings is 1. The lowest BCUT2D eigenvalue weighted by Crippen LogP contribution is -2.44. The van der Waals surface area contributed by atoms with Crippen molar-refractivity contribution in [3.63, 3.8) is 0 Å². The monoisotopic (exact) mass is 332 g/mol. The lowest BCUT2D eigenvalue weighted by molar-refractivity contribution is -0.0132. The molecular formula is C15H16N4O5. The molecule has 0 bridgehead atoms. The minimum atomic E-state index is -1.22. The molecule has 0 spiro atoms. The van der Waals surface area contributed by atoms with E-state index in [0.29, 0.717) is 6.61 Å². The Kier molecular flexibility index (Phi) is 4.71. The van der Waals surface area contributed by atoms with Gasteiger partial charge in [-0.2, -0.15) is 10.3 Å². The average Bonchev–Trinajstić information content (AvgIpc) is 3.10. The molecule has 1 amide bonds. The smallest absolute Gasteiger partial charge is 0.410 e. The van der Waals surface area contributed by atoms with Crippen molar-refractivity contribution in [1.82, 2.24) is 20.3 Å². The summed E-state index contributed by atoms with van der Waals surface area (Å²) in [6, 6.07) is 8.63. The number of aromatic nitrogens is 3. The summed E-state index contributed by atoms with van der Waals surface area (Å²) in [5, 5.41) is 18.9. The van der Waals surface area contributed by atoms with Gasteiger partial charge in [-0.15, -0.1) is 5.10 Å². The Bertz CT molecular complexity index is 718. The Morgan fingerprint density at radius 2 is 2.12 bits per heavy atom. The van der Waals surface area contributed by atoms with Crippen LogP contribution in [0.5, 0.6) is 0 Å². The third kappa shape index (κ3) is 3.35. The molecule has 2 N–H and O–H groups in total. The average molecular weight is 332 g/mol. The van der Waals surface area contributed by atoms with Gasteiger partial charge in [-0.1, -0.05) is 30.3 Å². The van der Waals surface area contributed by atoms with Gasteiger partial charge < -0.3 is 14.6 Å². The third-order valence-corrected chi connectivity index (χ3v) is 3.66. The van der Waals surface area contributed by atoms with Crippen LogP contribution in [0.4, 0.5) is 4.79 Å². The molecule has 1 atom stereocenters. The van der Waals surface area contributed by atoms with Crippen LogP contribution in [0, 0.1) is 0 Å². The maximum absolute atomic E-state index is 12.4. The van der Waals surface area contributed by atoms with E-state index in [0.717, 1.165) is 5.56 Å².